The predicted octanol–water partition coefficient (Wildman–Crippen LogP) is 1.12. The van der Waals surface area contributed by atoms with Crippen molar-refractivity contribution in [3.63, 3.8) is 0 Å². The van der Waals surface area contributed by atoms with E-state index < -0.39 is 10.0 Å². The molecule has 0 bridgehead atoms. The minimum atomic E-state index is -3.09. The molecular weight excluding hydrogens is 290 g/mol. The summed E-state index contributed by atoms with van der Waals surface area (Å²) in [7, 11) is 0.0854. The van der Waals surface area contributed by atoms with E-state index in [9.17, 15) is 13.2 Å². The van der Waals surface area contributed by atoms with Gasteiger partial charge in [-0.3, -0.25) is 0 Å². The lowest BCUT2D eigenvalue weighted by atomic mass is 10.1. The van der Waals surface area contributed by atoms with E-state index in [0.717, 1.165) is 17.5 Å². The number of hydrogen-bond donors (Lipinski definition) is 0. The van der Waals surface area contributed by atoms with Crippen molar-refractivity contribution in [2.45, 2.75) is 31.1 Å². The summed E-state index contributed by atoms with van der Waals surface area (Å²) in [5, 5.41) is -0.253. The van der Waals surface area contributed by atoms with Gasteiger partial charge in [0, 0.05) is 12.8 Å². The summed E-state index contributed by atoms with van der Waals surface area (Å²) < 4.78 is 29.5. The second kappa shape index (κ2) is 4.55. The van der Waals surface area contributed by atoms with Gasteiger partial charge in [0.15, 0.2) is 5.25 Å². The number of rotatable bonds is 2. The Morgan fingerprint density at radius 1 is 1.29 bits per heavy atom. The van der Waals surface area contributed by atoms with Gasteiger partial charge in [0.25, 0.3) is 0 Å². The molecule has 1 aliphatic heterocycles. The fraction of sp³-hybridized carbons (Fsp3) is 0.533. The van der Waals surface area contributed by atoms with E-state index in [1.54, 1.807) is 13.0 Å². The van der Waals surface area contributed by atoms with Crippen molar-refractivity contribution in [2.75, 3.05) is 20.7 Å². The van der Waals surface area contributed by atoms with Crippen molar-refractivity contribution in [2.24, 2.45) is 0 Å². The topological polar surface area (TPSA) is 60.4 Å². The molecule has 6 heteroatoms. The van der Waals surface area contributed by atoms with Crippen LogP contribution < -0.4 is 0 Å². The van der Waals surface area contributed by atoms with Crippen LogP contribution in [-0.4, -0.2) is 50.3 Å². The highest BCUT2D eigenvalue weighted by atomic mass is 32.2. The molecule has 5 nitrogen and oxygen atoms in total. The molecule has 1 aliphatic carbocycles. The van der Waals surface area contributed by atoms with E-state index in [2.05, 4.69) is 0 Å². The summed E-state index contributed by atoms with van der Waals surface area (Å²) in [5.41, 5.74) is 2.73. The first kappa shape index (κ1) is 14.5. The van der Waals surface area contributed by atoms with Crippen molar-refractivity contribution in [1.82, 2.24) is 0 Å². The summed E-state index contributed by atoms with van der Waals surface area (Å²) in [6.45, 7) is 2.44. The number of nitrogens with zero attached hydrogens (tertiary/aromatic N) is 1. The number of carbonyl (C=O) groups excluding carboxylic acids is 1. The maximum Gasteiger partial charge on any atom is 0.337 e. The Morgan fingerprint density at radius 3 is 2.52 bits per heavy atom. The number of fused-ring (bicyclic) bond motifs is 1. The Balaban J connectivity index is 1.87. The standard InChI is InChI=1S/C15H20NO4S/c1-10-9-16(2,21(10,18)19)14-7-11-4-5-12(15(17)20-3)6-13(11)8-14/h4-6,10,14H,7-9H2,1-3H3/q+1. The molecule has 1 aromatic carbocycles. The Hall–Kier alpha value is -1.40. The summed E-state index contributed by atoms with van der Waals surface area (Å²) in [6, 6.07) is 5.56. The molecule has 0 radical (unpaired) electrons. The zero-order valence-corrected chi connectivity index (χ0v) is 13.3. The number of quaternary nitrogens is 1. The second-order valence-electron chi connectivity index (χ2n) is 6.22. The van der Waals surface area contributed by atoms with Gasteiger partial charge in [0.05, 0.1) is 19.7 Å². The molecule has 2 aliphatic rings. The van der Waals surface area contributed by atoms with Crippen LogP contribution in [0.2, 0.25) is 0 Å². The van der Waals surface area contributed by atoms with Gasteiger partial charge in [-0.25, -0.2) is 8.68 Å². The monoisotopic (exact) mass is 310 g/mol. The Labute approximate surface area is 125 Å². The lowest BCUT2D eigenvalue weighted by molar-refractivity contribution is -0.830. The summed E-state index contributed by atoms with van der Waals surface area (Å²) in [5.74, 6) is -0.355. The maximum absolute atomic E-state index is 12.3. The summed E-state index contributed by atoms with van der Waals surface area (Å²) >= 11 is 0. The van der Waals surface area contributed by atoms with Gasteiger partial charge in [-0.1, -0.05) is 6.07 Å². The minimum Gasteiger partial charge on any atom is -0.465 e. The number of ether oxygens (including phenoxy) is 1. The Morgan fingerprint density at radius 2 is 1.95 bits per heavy atom. The number of esters is 1. The smallest absolute Gasteiger partial charge is 0.337 e. The van der Waals surface area contributed by atoms with Crippen molar-refractivity contribution in [3.8, 4) is 0 Å². The molecule has 21 heavy (non-hydrogen) atoms. The van der Waals surface area contributed by atoms with Gasteiger partial charge in [0.1, 0.15) is 12.6 Å². The van der Waals surface area contributed by atoms with E-state index in [0.29, 0.717) is 18.5 Å². The molecule has 1 saturated heterocycles. The lowest BCUT2D eigenvalue weighted by Crippen LogP contribution is -2.71. The van der Waals surface area contributed by atoms with Crippen molar-refractivity contribution < 1.29 is 21.8 Å². The van der Waals surface area contributed by atoms with Crippen molar-refractivity contribution >= 4 is 16.0 Å². The number of carbonyl (C=O) groups is 1. The zero-order valence-electron chi connectivity index (χ0n) is 12.5. The highest BCUT2D eigenvalue weighted by Crippen LogP contribution is 2.39. The zero-order chi connectivity index (χ0) is 15.4. The molecule has 0 aromatic heterocycles. The van der Waals surface area contributed by atoms with Gasteiger partial charge in [0.2, 0.25) is 0 Å². The molecule has 3 atom stereocenters. The highest BCUT2D eigenvalue weighted by Gasteiger charge is 2.59. The first-order valence-corrected chi connectivity index (χ1v) is 8.59. The van der Waals surface area contributed by atoms with Crippen LogP contribution in [0.5, 0.6) is 0 Å². The number of hydrogen-bond acceptors (Lipinski definition) is 4. The van der Waals surface area contributed by atoms with Crippen LogP contribution in [-0.2, 0) is 27.6 Å². The van der Waals surface area contributed by atoms with Crippen LogP contribution in [0.15, 0.2) is 18.2 Å². The van der Waals surface area contributed by atoms with E-state index >= 15 is 0 Å². The van der Waals surface area contributed by atoms with Crippen LogP contribution in [0, 0.1) is 0 Å². The average molecular weight is 310 g/mol. The van der Waals surface area contributed by atoms with Crippen LogP contribution in [0.4, 0.5) is 0 Å². The predicted molar refractivity (Wildman–Crippen MR) is 78.4 cm³/mol. The third-order valence-electron chi connectivity index (χ3n) is 5.02. The van der Waals surface area contributed by atoms with Crippen LogP contribution in [0.25, 0.3) is 0 Å². The third kappa shape index (κ3) is 1.92. The SMILES string of the molecule is COC(=O)c1ccc2c(c1)CC([N+]1(C)CC(C)S1(=O)=O)C2. The molecule has 0 saturated carbocycles. The van der Waals surface area contributed by atoms with Gasteiger partial charge < -0.3 is 4.74 Å². The number of benzene rings is 1. The van der Waals surface area contributed by atoms with E-state index in [-0.39, 0.29) is 21.1 Å². The van der Waals surface area contributed by atoms with Crippen molar-refractivity contribution in [3.05, 3.63) is 34.9 Å². The molecule has 0 amide bonds. The minimum absolute atomic E-state index is 0.0501. The fourth-order valence-electron chi connectivity index (χ4n) is 3.62. The molecule has 1 heterocycles. The molecule has 114 valence electrons. The Kier molecular flexibility index (Phi) is 3.15. The van der Waals surface area contributed by atoms with E-state index in [1.807, 2.05) is 19.2 Å². The molecule has 0 N–H and O–H groups in total. The highest BCUT2D eigenvalue weighted by molar-refractivity contribution is 7.87. The molecule has 1 fully saturated rings. The lowest BCUT2D eigenvalue weighted by Gasteiger charge is -2.48. The molecule has 1 aromatic rings. The molecular formula is C15H20NO4S+. The van der Waals surface area contributed by atoms with Crippen molar-refractivity contribution in [1.29, 1.82) is 0 Å². The van der Waals surface area contributed by atoms with Gasteiger partial charge in [-0.15, -0.1) is 0 Å². The molecule has 3 unspecified atom stereocenters. The van der Waals surface area contributed by atoms with Crippen LogP contribution in [0.3, 0.4) is 0 Å². The van der Waals surface area contributed by atoms with Crippen LogP contribution in [0.1, 0.15) is 28.4 Å². The second-order valence-corrected chi connectivity index (χ2v) is 8.89. The molecule has 0 spiro atoms. The largest absolute Gasteiger partial charge is 0.465 e. The first-order valence-electron chi connectivity index (χ1n) is 7.09. The average Bonchev–Trinajstić information content (AvgIpc) is 2.89. The Bertz CT molecular complexity index is 712. The number of methoxy groups -OCH3 is 1. The summed E-state index contributed by atoms with van der Waals surface area (Å²) in [4.78, 5) is 11.6. The van der Waals surface area contributed by atoms with E-state index in [4.69, 9.17) is 4.74 Å². The fourth-order valence-corrected chi connectivity index (χ4v) is 5.68. The van der Waals surface area contributed by atoms with Gasteiger partial charge in [-0.05, 0) is 30.2 Å². The quantitative estimate of drug-likeness (QED) is 0.607. The van der Waals surface area contributed by atoms with E-state index in [1.165, 1.54) is 7.11 Å². The summed E-state index contributed by atoms with van der Waals surface area (Å²) in [6.07, 6.45) is 1.45. The van der Waals surface area contributed by atoms with Crippen LogP contribution >= 0.6 is 0 Å². The van der Waals surface area contributed by atoms with Gasteiger partial charge in [-0.2, -0.15) is 8.42 Å². The normalized spacial score (nSPS) is 33.1. The van der Waals surface area contributed by atoms with Gasteiger partial charge >= 0.3 is 16.0 Å². The first-order chi connectivity index (χ1) is 9.79. The molecule has 3 rings (SSSR count). The maximum atomic E-state index is 12.3. The number of likely N-dealkylation sites (N-methyl/N-ethyl adjacent to an activating group) is 1. The third-order valence-corrected chi connectivity index (χ3v) is 7.80. The number of sulfonamides is 1.